The molecule has 0 bridgehead atoms. The number of hydrogen-bond acceptors (Lipinski definition) is 7. The predicted molar refractivity (Wildman–Crippen MR) is 143 cm³/mol. The van der Waals surface area contributed by atoms with Crippen molar-refractivity contribution in [1.29, 1.82) is 0 Å². The number of carbonyl (C=O) groups is 2. The van der Waals surface area contributed by atoms with Crippen molar-refractivity contribution in [3.8, 4) is 0 Å². The number of thioether (sulfide) groups is 1. The molecule has 1 saturated heterocycles. The molecule has 0 radical (unpaired) electrons. The Morgan fingerprint density at radius 2 is 1.68 bits per heavy atom. The van der Waals surface area contributed by atoms with Crippen LogP contribution in [0.25, 0.3) is 5.76 Å². The summed E-state index contributed by atoms with van der Waals surface area (Å²) in [6.07, 6.45) is 0.828. The van der Waals surface area contributed by atoms with Crippen LogP contribution in [0.15, 0.2) is 88.8 Å². The van der Waals surface area contributed by atoms with Crippen molar-refractivity contribution < 1.29 is 19.1 Å². The van der Waals surface area contributed by atoms with Crippen LogP contribution in [0.1, 0.15) is 35.2 Å². The zero-order valence-electron chi connectivity index (χ0n) is 19.8. The molecule has 1 aliphatic rings. The van der Waals surface area contributed by atoms with Crippen molar-refractivity contribution >= 4 is 45.7 Å². The zero-order chi connectivity index (χ0) is 25.9. The highest BCUT2D eigenvalue weighted by Crippen LogP contribution is 2.44. The van der Waals surface area contributed by atoms with Crippen LogP contribution in [-0.4, -0.2) is 27.0 Å². The van der Waals surface area contributed by atoms with Crippen LogP contribution >= 0.6 is 23.1 Å². The summed E-state index contributed by atoms with van der Waals surface area (Å²) in [5, 5.41) is 19.9. The number of Topliss-reactive ketones (excluding diaryl/α,β-unsaturated/α-hetero) is 1. The van der Waals surface area contributed by atoms with Gasteiger partial charge >= 0.3 is 5.91 Å². The zero-order valence-corrected chi connectivity index (χ0v) is 21.4. The van der Waals surface area contributed by atoms with Crippen molar-refractivity contribution in [3.05, 3.63) is 113 Å². The maximum atomic E-state index is 13.5. The summed E-state index contributed by atoms with van der Waals surface area (Å²) >= 11 is 2.70. The number of nitrogens with zero attached hydrogens (tertiary/aromatic N) is 3. The largest absolute Gasteiger partial charge is 0.507 e. The van der Waals surface area contributed by atoms with Crippen LogP contribution in [0.3, 0.4) is 0 Å². The quantitative estimate of drug-likeness (QED) is 0.101. The van der Waals surface area contributed by atoms with E-state index in [1.807, 2.05) is 61.5 Å². The molecular weight excluding hydrogens is 509 g/mol. The van der Waals surface area contributed by atoms with Gasteiger partial charge in [-0.2, -0.15) is 0 Å². The molecule has 2 heterocycles. The summed E-state index contributed by atoms with van der Waals surface area (Å²) in [6, 6.07) is 21.7. The smallest absolute Gasteiger partial charge is 0.301 e. The number of hydrogen-bond donors (Lipinski definition) is 1. The molecule has 1 atom stereocenters. The summed E-state index contributed by atoms with van der Waals surface area (Å²) in [4.78, 5) is 27.9. The first-order valence-corrected chi connectivity index (χ1v) is 13.4. The minimum absolute atomic E-state index is 0.0745. The SMILES string of the molecule is CCc1ccc(C2/C(=C(/O)c3ccc(F)cc3)C(=O)C(=O)N2c2nnc(SCc3ccccc3)s2)cc1. The number of halogens is 1. The Labute approximate surface area is 221 Å². The van der Waals surface area contributed by atoms with Gasteiger partial charge in [0.05, 0.1) is 11.6 Å². The van der Waals surface area contributed by atoms with Gasteiger partial charge in [0.15, 0.2) is 4.34 Å². The van der Waals surface area contributed by atoms with Gasteiger partial charge < -0.3 is 5.11 Å². The van der Waals surface area contributed by atoms with Crippen LogP contribution in [0.2, 0.25) is 0 Å². The fraction of sp³-hybridized carbons (Fsp3) is 0.143. The Bertz CT molecular complexity index is 1470. The summed E-state index contributed by atoms with van der Waals surface area (Å²) in [7, 11) is 0. The lowest BCUT2D eigenvalue weighted by Crippen LogP contribution is -2.29. The highest BCUT2D eigenvalue weighted by molar-refractivity contribution is 8.00. The molecule has 186 valence electrons. The third-order valence-electron chi connectivity index (χ3n) is 6.07. The molecule has 37 heavy (non-hydrogen) atoms. The number of anilines is 1. The maximum absolute atomic E-state index is 13.5. The van der Waals surface area contributed by atoms with Gasteiger partial charge in [0.2, 0.25) is 5.13 Å². The van der Waals surface area contributed by atoms with Gasteiger partial charge in [0, 0.05) is 11.3 Å². The summed E-state index contributed by atoms with van der Waals surface area (Å²) < 4.78 is 14.1. The molecular formula is C28H22FN3O3S2. The average molecular weight is 532 g/mol. The van der Waals surface area contributed by atoms with E-state index in [4.69, 9.17) is 0 Å². The van der Waals surface area contributed by atoms with Gasteiger partial charge in [-0.3, -0.25) is 14.5 Å². The van der Waals surface area contributed by atoms with E-state index in [0.29, 0.717) is 15.7 Å². The monoisotopic (exact) mass is 531 g/mol. The van der Waals surface area contributed by atoms with Gasteiger partial charge in [-0.25, -0.2) is 4.39 Å². The third kappa shape index (κ3) is 5.05. The van der Waals surface area contributed by atoms with Crippen molar-refractivity contribution in [2.75, 3.05) is 4.90 Å². The molecule has 6 nitrogen and oxygen atoms in total. The number of aromatic nitrogens is 2. The maximum Gasteiger partial charge on any atom is 0.301 e. The summed E-state index contributed by atoms with van der Waals surface area (Å²) in [5.41, 5.74) is 3.03. The van der Waals surface area contributed by atoms with Crippen molar-refractivity contribution in [2.24, 2.45) is 0 Å². The highest BCUT2D eigenvalue weighted by atomic mass is 32.2. The van der Waals surface area contributed by atoms with Crippen LogP contribution in [0, 0.1) is 5.82 Å². The normalized spacial score (nSPS) is 16.9. The number of aryl methyl sites for hydroxylation is 1. The number of aliphatic hydroxyl groups is 1. The number of carbonyl (C=O) groups excluding carboxylic acids is 2. The summed E-state index contributed by atoms with van der Waals surface area (Å²) in [5.74, 6) is -1.79. The molecule has 3 aromatic carbocycles. The Hall–Kier alpha value is -3.82. The molecule has 0 saturated carbocycles. The van der Waals surface area contributed by atoms with Gasteiger partial charge in [-0.05, 0) is 47.4 Å². The minimum Gasteiger partial charge on any atom is -0.507 e. The van der Waals surface area contributed by atoms with E-state index in [0.717, 1.165) is 17.5 Å². The second-order valence-electron chi connectivity index (χ2n) is 8.40. The fourth-order valence-electron chi connectivity index (χ4n) is 4.12. The Morgan fingerprint density at radius 3 is 2.35 bits per heavy atom. The van der Waals surface area contributed by atoms with E-state index in [-0.39, 0.29) is 22.0 Å². The molecule has 9 heteroatoms. The molecule has 4 aromatic rings. The van der Waals surface area contributed by atoms with Gasteiger partial charge in [-0.1, -0.05) is 84.6 Å². The van der Waals surface area contributed by atoms with Gasteiger partial charge in [-0.15, -0.1) is 10.2 Å². The van der Waals surface area contributed by atoms with Crippen LogP contribution in [-0.2, 0) is 21.8 Å². The first-order valence-electron chi connectivity index (χ1n) is 11.6. The molecule has 1 fully saturated rings. The fourth-order valence-corrected chi connectivity index (χ4v) is 5.95. The van der Waals surface area contributed by atoms with E-state index in [1.54, 1.807) is 0 Å². The van der Waals surface area contributed by atoms with E-state index in [9.17, 15) is 19.1 Å². The van der Waals surface area contributed by atoms with E-state index >= 15 is 0 Å². The highest BCUT2D eigenvalue weighted by Gasteiger charge is 2.48. The predicted octanol–water partition coefficient (Wildman–Crippen LogP) is 6.16. The molecule has 1 amide bonds. The Morgan fingerprint density at radius 1 is 0.973 bits per heavy atom. The number of ketones is 1. The lowest BCUT2D eigenvalue weighted by Gasteiger charge is -2.22. The molecule has 0 aliphatic carbocycles. The Balaban J connectivity index is 1.55. The first kappa shape index (κ1) is 24.9. The van der Waals surface area contributed by atoms with E-state index in [1.165, 1.54) is 52.3 Å². The van der Waals surface area contributed by atoms with E-state index in [2.05, 4.69) is 10.2 Å². The molecule has 5 rings (SSSR count). The second kappa shape index (κ2) is 10.7. The van der Waals surface area contributed by atoms with Crippen LogP contribution in [0.5, 0.6) is 0 Å². The lowest BCUT2D eigenvalue weighted by molar-refractivity contribution is -0.132. The average Bonchev–Trinajstić information content (AvgIpc) is 3.50. The Kier molecular flexibility index (Phi) is 7.16. The van der Waals surface area contributed by atoms with Crippen LogP contribution < -0.4 is 4.90 Å². The van der Waals surface area contributed by atoms with E-state index < -0.39 is 23.5 Å². The first-order chi connectivity index (χ1) is 18.0. The molecule has 1 aliphatic heterocycles. The number of aliphatic hydroxyl groups excluding tert-OH is 1. The third-order valence-corrected chi connectivity index (χ3v) is 8.20. The van der Waals surface area contributed by atoms with Crippen molar-refractivity contribution in [2.45, 2.75) is 29.5 Å². The van der Waals surface area contributed by atoms with Crippen molar-refractivity contribution in [1.82, 2.24) is 10.2 Å². The van der Waals surface area contributed by atoms with Gasteiger partial charge in [0.25, 0.3) is 5.78 Å². The van der Waals surface area contributed by atoms with Crippen molar-refractivity contribution in [3.63, 3.8) is 0 Å². The molecule has 0 spiro atoms. The second-order valence-corrected chi connectivity index (χ2v) is 10.6. The topological polar surface area (TPSA) is 83.4 Å². The number of benzene rings is 3. The molecule has 1 unspecified atom stereocenters. The van der Waals surface area contributed by atoms with Gasteiger partial charge in [0.1, 0.15) is 11.6 Å². The molecule has 1 aromatic heterocycles. The minimum atomic E-state index is -0.907. The number of rotatable bonds is 7. The summed E-state index contributed by atoms with van der Waals surface area (Å²) in [6.45, 7) is 2.03. The molecule has 1 N–H and O–H groups in total. The standard InChI is InChI=1S/C28H22FN3O3S2/c1-2-17-8-10-19(11-9-17)23-22(24(33)20-12-14-21(29)15-13-20)25(34)26(35)32(23)27-30-31-28(37-27)36-16-18-6-4-3-5-7-18/h3-15,23,33H,2,16H2,1H3/b24-22-. The number of amides is 1. The lowest BCUT2D eigenvalue weighted by atomic mass is 9.94. The van der Waals surface area contributed by atoms with Crippen LogP contribution in [0.4, 0.5) is 9.52 Å².